The van der Waals surface area contributed by atoms with E-state index in [-0.39, 0.29) is 11.1 Å². The van der Waals surface area contributed by atoms with E-state index in [1.807, 2.05) is 13.0 Å². The van der Waals surface area contributed by atoms with Crippen molar-refractivity contribution in [3.05, 3.63) is 83.3 Å². The second kappa shape index (κ2) is 12.0. The van der Waals surface area contributed by atoms with Gasteiger partial charge in [-0.3, -0.25) is 9.69 Å². The van der Waals surface area contributed by atoms with E-state index in [2.05, 4.69) is 84.0 Å². The lowest BCUT2D eigenvalue weighted by molar-refractivity contribution is 0.0506. The molecule has 1 aliphatic heterocycles. The predicted molar refractivity (Wildman–Crippen MR) is 165 cm³/mol. The average Bonchev–Trinajstić information content (AvgIpc) is 3.54. The zero-order valence-electron chi connectivity index (χ0n) is 25.0. The number of likely N-dealkylation sites (tertiary alicyclic amines) is 1. The first-order valence-electron chi connectivity index (χ1n) is 14.7. The molecular weight excluding hydrogens is 528 g/mol. The molecule has 9 heteroatoms. The molecule has 0 bridgehead atoms. The number of carbonyl (C=O) groups excluding carboxylic acids is 2. The van der Waals surface area contributed by atoms with Crippen molar-refractivity contribution in [2.45, 2.75) is 65.5 Å². The van der Waals surface area contributed by atoms with Crippen molar-refractivity contribution in [2.75, 3.05) is 19.7 Å². The zero-order chi connectivity index (χ0) is 30.0. The molecule has 4 aromatic rings. The van der Waals surface area contributed by atoms with Crippen LogP contribution < -0.4 is 11.5 Å². The number of amides is 2. The molecule has 42 heavy (non-hydrogen) atoms. The molecule has 1 saturated heterocycles. The summed E-state index contributed by atoms with van der Waals surface area (Å²) in [6.45, 7) is 11.9. The van der Waals surface area contributed by atoms with Gasteiger partial charge in [0.25, 0.3) is 5.91 Å². The Balaban J connectivity index is 1.21. The fourth-order valence-electron chi connectivity index (χ4n) is 6.38. The van der Waals surface area contributed by atoms with Crippen molar-refractivity contribution >= 4 is 22.9 Å². The fraction of sp³-hybridized carbons (Fsp3) is 0.424. The van der Waals surface area contributed by atoms with Crippen LogP contribution in [0.15, 0.2) is 60.8 Å². The fourth-order valence-corrected chi connectivity index (χ4v) is 6.38. The number of primary amides is 2. The Morgan fingerprint density at radius 1 is 1.02 bits per heavy atom. The van der Waals surface area contributed by atoms with Gasteiger partial charge in [-0.2, -0.15) is 5.10 Å². The maximum absolute atomic E-state index is 11.5. The van der Waals surface area contributed by atoms with E-state index in [1.165, 1.54) is 11.1 Å². The molecule has 2 aromatic heterocycles. The van der Waals surface area contributed by atoms with Crippen molar-refractivity contribution in [3.8, 4) is 5.69 Å². The van der Waals surface area contributed by atoms with Gasteiger partial charge in [0.1, 0.15) is 0 Å². The second-order valence-electron chi connectivity index (χ2n) is 12.5. The third kappa shape index (κ3) is 6.51. The third-order valence-electron chi connectivity index (χ3n) is 8.55. The van der Waals surface area contributed by atoms with Gasteiger partial charge in [-0.05, 0) is 92.1 Å². The summed E-state index contributed by atoms with van der Waals surface area (Å²) in [6, 6.07) is 19.4. The van der Waals surface area contributed by atoms with Gasteiger partial charge < -0.3 is 20.8 Å². The molecule has 3 heterocycles. The summed E-state index contributed by atoms with van der Waals surface area (Å²) in [5.41, 5.74) is 16.5. The van der Waals surface area contributed by atoms with Crippen LogP contribution in [0.25, 0.3) is 16.6 Å². The molecule has 2 aromatic carbocycles. The van der Waals surface area contributed by atoms with Crippen LogP contribution in [-0.4, -0.2) is 57.0 Å². The Labute approximate surface area is 247 Å². The minimum atomic E-state index is -0.703. The number of ether oxygens (including phenoxy) is 1. The minimum absolute atomic E-state index is 0.0895. The molecule has 2 amide bonds. The Kier molecular flexibility index (Phi) is 8.41. The summed E-state index contributed by atoms with van der Waals surface area (Å²) in [7, 11) is 0. The SMILES string of the molecule is Cc1cc(C(N)=O)nn1-c1ccc2c(ccn2Cc2ccc(C3CCN(C(CCOC(N)=O)C(C)(C)C)CC3)cc2)c1. The Bertz CT molecular complexity index is 1550. The normalized spacial score (nSPS) is 15.6. The molecule has 1 fully saturated rings. The first-order chi connectivity index (χ1) is 20.0. The van der Waals surface area contributed by atoms with Crippen LogP contribution in [0.1, 0.15) is 73.3 Å². The van der Waals surface area contributed by atoms with E-state index < -0.39 is 12.0 Å². The predicted octanol–water partition coefficient (Wildman–Crippen LogP) is 5.36. The van der Waals surface area contributed by atoms with E-state index in [0.717, 1.165) is 61.2 Å². The van der Waals surface area contributed by atoms with E-state index in [9.17, 15) is 9.59 Å². The highest BCUT2D eigenvalue weighted by atomic mass is 16.5. The lowest BCUT2D eigenvalue weighted by atomic mass is 9.81. The highest BCUT2D eigenvalue weighted by Crippen LogP contribution is 2.34. The molecular formula is C33H42N6O3. The quantitative estimate of drug-likeness (QED) is 0.281. The number of aromatic nitrogens is 3. The lowest BCUT2D eigenvalue weighted by Crippen LogP contribution is -2.48. The van der Waals surface area contributed by atoms with Crippen LogP contribution in [0.4, 0.5) is 4.79 Å². The van der Waals surface area contributed by atoms with Gasteiger partial charge in [0, 0.05) is 35.4 Å². The summed E-state index contributed by atoms with van der Waals surface area (Å²) in [5, 5.41) is 5.47. The van der Waals surface area contributed by atoms with E-state index in [4.69, 9.17) is 16.2 Å². The number of piperidine rings is 1. The Hall–Kier alpha value is -4.11. The van der Waals surface area contributed by atoms with Crippen molar-refractivity contribution in [2.24, 2.45) is 16.9 Å². The van der Waals surface area contributed by atoms with Gasteiger partial charge in [-0.15, -0.1) is 0 Å². The van der Waals surface area contributed by atoms with E-state index in [1.54, 1.807) is 10.7 Å². The maximum atomic E-state index is 11.5. The van der Waals surface area contributed by atoms with Gasteiger partial charge >= 0.3 is 6.09 Å². The molecule has 1 unspecified atom stereocenters. The van der Waals surface area contributed by atoms with Crippen molar-refractivity contribution < 1.29 is 14.3 Å². The summed E-state index contributed by atoms with van der Waals surface area (Å²) in [4.78, 5) is 25.1. The topological polar surface area (TPSA) is 121 Å². The highest BCUT2D eigenvalue weighted by molar-refractivity contribution is 5.91. The number of aryl methyl sites for hydroxylation is 1. The van der Waals surface area contributed by atoms with E-state index >= 15 is 0 Å². The maximum Gasteiger partial charge on any atom is 0.404 e. The standard InChI is InChI=1S/C33H42N6O3/c1-22-19-28(31(34)40)36-39(22)27-9-10-29-26(20-27)13-17-38(29)21-23-5-7-24(8-6-23)25-11-15-37(16-12-25)30(33(2,3)4)14-18-42-32(35)41/h5-10,13,17,19-20,25,30H,11-12,14-16,18,21H2,1-4H3,(H2,34,40)(H2,35,41). The first-order valence-corrected chi connectivity index (χ1v) is 14.7. The molecule has 1 aliphatic rings. The molecule has 0 aliphatic carbocycles. The molecule has 0 saturated carbocycles. The van der Waals surface area contributed by atoms with Crippen LogP contribution in [0.5, 0.6) is 0 Å². The summed E-state index contributed by atoms with van der Waals surface area (Å²) in [6.07, 6.45) is 4.43. The van der Waals surface area contributed by atoms with Crippen LogP contribution in [-0.2, 0) is 11.3 Å². The average molecular weight is 571 g/mol. The van der Waals surface area contributed by atoms with Crippen LogP contribution in [0.2, 0.25) is 0 Å². The summed E-state index contributed by atoms with van der Waals surface area (Å²) < 4.78 is 9.06. The second-order valence-corrected chi connectivity index (χ2v) is 12.5. The number of nitrogens with two attached hydrogens (primary N) is 2. The zero-order valence-corrected chi connectivity index (χ0v) is 25.0. The number of nitrogens with zero attached hydrogens (tertiary/aromatic N) is 4. The molecule has 0 radical (unpaired) electrons. The minimum Gasteiger partial charge on any atom is -0.450 e. The van der Waals surface area contributed by atoms with Gasteiger partial charge in [0.15, 0.2) is 5.69 Å². The van der Waals surface area contributed by atoms with Crippen molar-refractivity contribution in [1.29, 1.82) is 0 Å². The molecule has 222 valence electrons. The lowest BCUT2D eigenvalue weighted by Gasteiger charge is -2.44. The summed E-state index contributed by atoms with van der Waals surface area (Å²) in [5.74, 6) is 0.0171. The number of carbonyl (C=O) groups is 2. The molecule has 0 spiro atoms. The number of hydrogen-bond acceptors (Lipinski definition) is 5. The molecule has 1 atom stereocenters. The van der Waals surface area contributed by atoms with Gasteiger partial charge in [-0.25, -0.2) is 9.48 Å². The van der Waals surface area contributed by atoms with Crippen LogP contribution >= 0.6 is 0 Å². The Morgan fingerprint density at radius 2 is 1.74 bits per heavy atom. The number of fused-ring (bicyclic) bond motifs is 1. The van der Waals surface area contributed by atoms with Crippen molar-refractivity contribution in [1.82, 2.24) is 19.2 Å². The molecule has 9 nitrogen and oxygen atoms in total. The third-order valence-corrected chi connectivity index (χ3v) is 8.55. The smallest absolute Gasteiger partial charge is 0.404 e. The van der Waals surface area contributed by atoms with Gasteiger partial charge in [0.2, 0.25) is 0 Å². The summed E-state index contributed by atoms with van der Waals surface area (Å²) >= 11 is 0. The van der Waals surface area contributed by atoms with Gasteiger partial charge in [0.05, 0.1) is 12.3 Å². The van der Waals surface area contributed by atoms with Crippen molar-refractivity contribution in [3.63, 3.8) is 0 Å². The number of rotatable bonds is 9. The monoisotopic (exact) mass is 570 g/mol. The molecule has 5 rings (SSSR count). The molecule has 4 N–H and O–H groups in total. The Morgan fingerprint density at radius 3 is 2.36 bits per heavy atom. The van der Waals surface area contributed by atoms with E-state index in [0.29, 0.717) is 18.6 Å². The highest BCUT2D eigenvalue weighted by Gasteiger charge is 2.33. The largest absolute Gasteiger partial charge is 0.450 e. The van der Waals surface area contributed by atoms with Gasteiger partial charge in [-0.1, -0.05) is 45.0 Å². The first kappa shape index (κ1) is 29.4. The number of hydrogen-bond donors (Lipinski definition) is 2. The number of benzene rings is 2. The van der Waals surface area contributed by atoms with Crippen LogP contribution in [0.3, 0.4) is 0 Å². The van der Waals surface area contributed by atoms with Crippen LogP contribution in [0, 0.1) is 12.3 Å².